The van der Waals surface area contributed by atoms with Gasteiger partial charge in [-0.25, -0.2) is 0 Å². The molecule has 0 bridgehead atoms. The van der Waals surface area contributed by atoms with Gasteiger partial charge in [0.05, 0.1) is 34.1 Å². The van der Waals surface area contributed by atoms with Crippen LogP contribution in [0.2, 0.25) is 0 Å². The summed E-state index contributed by atoms with van der Waals surface area (Å²) in [6.07, 6.45) is 4.93. The molecule has 202 valence electrons. The maximum absolute atomic E-state index is 2.46. The summed E-state index contributed by atoms with van der Waals surface area (Å²) >= 11 is 0. The monoisotopic (exact) mass is 528 g/mol. The topological polar surface area (TPSA) is 19.4 Å². The number of fused-ring (bicyclic) bond motifs is 6. The van der Waals surface area contributed by atoms with Crippen molar-refractivity contribution in [2.24, 2.45) is 0 Å². The van der Waals surface area contributed by atoms with Crippen molar-refractivity contribution >= 4 is 34.1 Å². The molecule has 4 aromatic rings. The van der Waals surface area contributed by atoms with Crippen molar-refractivity contribution in [3.63, 3.8) is 0 Å². The molecule has 0 atom stereocenters. The molecule has 0 saturated carbocycles. The van der Waals surface area contributed by atoms with Gasteiger partial charge in [-0.3, -0.25) is 20.0 Å². The Morgan fingerprint density at radius 2 is 0.825 bits per heavy atom. The number of aryl methyl sites for hydroxylation is 2. The largest absolute Gasteiger partial charge is 0.286 e. The zero-order chi connectivity index (χ0) is 26.8. The van der Waals surface area contributed by atoms with Crippen molar-refractivity contribution in [1.29, 1.82) is 0 Å². The van der Waals surface area contributed by atoms with E-state index in [0.29, 0.717) is 0 Å². The van der Waals surface area contributed by atoms with Crippen LogP contribution in [0.25, 0.3) is 11.1 Å². The van der Waals surface area contributed by atoms with E-state index in [1.54, 1.807) is 0 Å². The Kier molecular flexibility index (Phi) is 5.54. The van der Waals surface area contributed by atoms with Crippen LogP contribution in [0.4, 0.5) is 34.1 Å². The molecule has 4 heterocycles. The van der Waals surface area contributed by atoms with Crippen LogP contribution in [0.3, 0.4) is 0 Å². The minimum Gasteiger partial charge on any atom is -0.286 e. The molecule has 6 nitrogen and oxygen atoms in total. The minimum absolute atomic E-state index is 1.05. The van der Waals surface area contributed by atoms with Crippen LogP contribution < -0.4 is 20.0 Å². The van der Waals surface area contributed by atoms with Crippen LogP contribution in [0, 0.1) is 13.8 Å². The van der Waals surface area contributed by atoms with Crippen molar-refractivity contribution in [1.82, 2.24) is 10.2 Å². The summed E-state index contributed by atoms with van der Waals surface area (Å²) < 4.78 is 0. The van der Waals surface area contributed by atoms with Crippen LogP contribution in [-0.2, 0) is 0 Å². The second-order valence-electron chi connectivity index (χ2n) is 11.6. The van der Waals surface area contributed by atoms with Crippen molar-refractivity contribution in [3.8, 4) is 11.1 Å². The van der Waals surface area contributed by atoms with Gasteiger partial charge in [0.1, 0.15) is 0 Å². The predicted molar refractivity (Wildman–Crippen MR) is 165 cm³/mol. The van der Waals surface area contributed by atoms with Crippen LogP contribution in [0.5, 0.6) is 0 Å². The number of hydrogen-bond donors (Lipinski definition) is 0. The van der Waals surface area contributed by atoms with Crippen molar-refractivity contribution < 1.29 is 0 Å². The highest BCUT2D eigenvalue weighted by Crippen LogP contribution is 2.47. The first-order chi connectivity index (χ1) is 19.7. The molecule has 6 heteroatoms. The predicted octanol–water partition coefficient (Wildman–Crippen LogP) is 7.74. The van der Waals surface area contributed by atoms with Gasteiger partial charge in [-0.15, -0.1) is 10.2 Å². The van der Waals surface area contributed by atoms with Gasteiger partial charge in [0, 0.05) is 26.2 Å². The second kappa shape index (κ2) is 9.29. The lowest BCUT2D eigenvalue weighted by molar-refractivity contribution is 0.232. The Labute approximate surface area is 237 Å². The van der Waals surface area contributed by atoms with Crippen LogP contribution in [0.1, 0.15) is 36.8 Å². The Bertz CT molecular complexity index is 1440. The third kappa shape index (κ3) is 3.70. The van der Waals surface area contributed by atoms with E-state index in [4.69, 9.17) is 0 Å². The standard InChI is InChI=1S/C34H36N6/c1-25-7-17-31-33(23-25)35-19-3-5-21-37(35)39(31)29-13-9-27(10-14-29)28-11-15-30(16-12-28)40-32-18-8-26(2)24-34(32)36-20-4-6-22-38(36)40/h7-18,23-24H,3-6,19-22H2,1-2H3. The summed E-state index contributed by atoms with van der Waals surface area (Å²) in [5.74, 6) is 0. The summed E-state index contributed by atoms with van der Waals surface area (Å²) in [4.78, 5) is 0. The lowest BCUT2D eigenvalue weighted by Crippen LogP contribution is -2.50. The van der Waals surface area contributed by atoms with Gasteiger partial charge in [-0.2, -0.15) is 0 Å². The average Bonchev–Trinajstić information content (AvgIpc) is 3.50. The van der Waals surface area contributed by atoms with Gasteiger partial charge < -0.3 is 0 Å². The second-order valence-corrected chi connectivity index (χ2v) is 11.6. The maximum Gasteiger partial charge on any atom is 0.0846 e. The van der Waals surface area contributed by atoms with Gasteiger partial charge in [-0.1, -0.05) is 36.4 Å². The highest BCUT2D eigenvalue weighted by atomic mass is 15.9. The van der Waals surface area contributed by atoms with E-state index < -0.39 is 0 Å². The molecule has 40 heavy (non-hydrogen) atoms. The van der Waals surface area contributed by atoms with E-state index in [-0.39, 0.29) is 0 Å². The lowest BCUT2D eigenvalue weighted by Gasteiger charge is -2.39. The third-order valence-electron chi connectivity index (χ3n) is 8.81. The highest BCUT2D eigenvalue weighted by Gasteiger charge is 2.38. The van der Waals surface area contributed by atoms with Gasteiger partial charge in [0.15, 0.2) is 0 Å². The molecule has 0 aliphatic carbocycles. The molecular formula is C34H36N6. The average molecular weight is 529 g/mol. The summed E-state index contributed by atoms with van der Waals surface area (Å²) in [7, 11) is 0. The Morgan fingerprint density at radius 1 is 0.425 bits per heavy atom. The van der Waals surface area contributed by atoms with Gasteiger partial charge in [0.2, 0.25) is 0 Å². The van der Waals surface area contributed by atoms with Gasteiger partial charge in [0.25, 0.3) is 0 Å². The van der Waals surface area contributed by atoms with E-state index in [1.165, 1.54) is 82.1 Å². The Hall–Kier alpha value is -4.00. The minimum atomic E-state index is 1.05. The fraction of sp³-hybridized carbons (Fsp3) is 0.294. The zero-order valence-electron chi connectivity index (χ0n) is 23.4. The number of hydrazine groups is 4. The van der Waals surface area contributed by atoms with E-state index in [1.807, 2.05) is 0 Å². The maximum atomic E-state index is 2.46. The molecule has 0 aromatic heterocycles. The first-order valence-electron chi connectivity index (χ1n) is 14.8. The molecule has 4 aromatic carbocycles. The van der Waals surface area contributed by atoms with Crippen molar-refractivity contribution in [2.45, 2.75) is 39.5 Å². The Morgan fingerprint density at radius 3 is 1.25 bits per heavy atom. The summed E-state index contributed by atoms with van der Waals surface area (Å²) in [5.41, 5.74) is 12.7. The quantitative estimate of drug-likeness (QED) is 0.269. The molecule has 2 saturated heterocycles. The van der Waals surface area contributed by atoms with Crippen LogP contribution in [-0.4, -0.2) is 36.4 Å². The first-order valence-corrected chi connectivity index (χ1v) is 14.8. The number of benzene rings is 4. The number of nitrogens with zero attached hydrogens (tertiary/aromatic N) is 6. The van der Waals surface area contributed by atoms with Gasteiger partial charge >= 0.3 is 0 Å². The molecular weight excluding hydrogens is 492 g/mol. The highest BCUT2D eigenvalue weighted by molar-refractivity contribution is 5.83. The van der Waals surface area contributed by atoms with Crippen LogP contribution >= 0.6 is 0 Å². The molecule has 0 amide bonds. The fourth-order valence-electron chi connectivity index (χ4n) is 6.83. The molecule has 0 radical (unpaired) electrons. The third-order valence-corrected chi connectivity index (χ3v) is 8.81. The number of rotatable bonds is 3. The smallest absolute Gasteiger partial charge is 0.0846 e. The first kappa shape index (κ1) is 23.9. The molecule has 2 fully saturated rings. The van der Waals surface area contributed by atoms with E-state index >= 15 is 0 Å². The number of hydrogen-bond acceptors (Lipinski definition) is 6. The fourth-order valence-corrected chi connectivity index (χ4v) is 6.83. The molecule has 0 N–H and O–H groups in total. The van der Waals surface area contributed by atoms with Crippen LogP contribution in [0.15, 0.2) is 84.9 Å². The zero-order valence-corrected chi connectivity index (χ0v) is 23.4. The lowest BCUT2D eigenvalue weighted by atomic mass is 10.0. The van der Waals surface area contributed by atoms with Crippen molar-refractivity contribution in [3.05, 3.63) is 96.1 Å². The number of anilines is 6. The molecule has 8 rings (SSSR count). The summed E-state index contributed by atoms with van der Waals surface area (Å²) in [5, 5.41) is 14.6. The normalized spacial score (nSPS) is 18.6. The molecule has 4 aliphatic rings. The van der Waals surface area contributed by atoms with E-state index in [9.17, 15) is 0 Å². The van der Waals surface area contributed by atoms with E-state index in [0.717, 1.165) is 26.2 Å². The summed E-state index contributed by atoms with van der Waals surface area (Å²) in [6.45, 7) is 8.61. The SMILES string of the molecule is Cc1ccc2c(c1)N1CCCCN1N2c1ccc(-c2ccc(N3c4ccc(C)cc4N4CCCCN43)cc2)cc1. The summed E-state index contributed by atoms with van der Waals surface area (Å²) in [6, 6.07) is 31.8. The Balaban J connectivity index is 1.08. The molecule has 4 aliphatic heterocycles. The molecule has 0 spiro atoms. The van der Waals surface area contributed by atoms with Gasteiger partial charge in [-0.05, 0) is 110 Å². The van der Waals surface area contributed by atoms with E-state index in [2.05, 4.69) is 129 Å². The van der Waals surface area contributed by atoms with Crippen molar-refractivity contribution in [2.75, 3.05) is 46.2 Å². The molecule has 0 unspecified atom stereocenters.